The van der Waals surface area contributed by atoms with Crippen molar-refractivity contribution >= 4 is 28.4 Å². The third-order valence-corrected chi connectivity index (χ3v) is 6.10. The number of halogens is 3. The van der Waals surface area contributed by atoms with Crippen LogP contribution in [0, 0.1) is 0 Å². The van der Waals surface area contributed by atoms with E-state index in [-0.39, 0.29) is 17.6 Å². The van der Waals surface area contributed by atoms with Crippen LogP contribution in [0.3, 0.4) is 0 Å². The maximum absolute atomic E-state index is 13.1. The summed E-state index contributed by atoms with van der Waals surface area (Å²) >= 11 is 0. The Bertz CT molecular complexity index is 1620. The molecule has 0 bridgehead atoms. The summed E-state index contributed by atoms with van der Waals surface area (Å²) in [6, 6.07) is 7.90. The van der Waals surface area contributed by atoms with Gasteiger partial charge in [-0.3, -0.25) is 19.3 Å². The van der Waals surface area contributed by atoms with Gasteiger partial charge in [-0.05, 0) is 37.1 Å². The maximum atomic E-state index is 13.1. The molecular formula is C27H24F3N5O6. The van der Waals surface area contributed by atoms with Gasteiger partial charge in [-0.2, -0.15) is 18.3 Å². The Morgan fingerprint density at radius 2 is 1.78 bits per heavy atom. The number of hydrogen-bond acceptors (Lipinski definition) is 9. The number of alkyl halides is 3. The van der Waals surface area contributed by atoms with E-state index in [9.17, 15) is 22.8 Å². The number of pyridine rings is 2. The lowest BCUT2D eigenvalue weighted by Gasteiger charge is -2.12. The van der Waals surface area contributed by atoms with Gasteiger partial charge in [0.2, 0.25) is 0 Å². The molecular weight excluding hydrogens is 547 g/mol. The largest absolute Gasteiger partial charge is 0.493 e. The molecule has 1 fully saturated rings. The van der Waals surface area contributed by atoms with E-state index in [0.29, 0.717) is 46.7 Å². The molecule has 214 valence electrons. The molecule has 1 saturated carbocycles. The Kier molecular flexibility index (Phi) is 7.39. The molecule has 1 aromatic carbocycles. The van der Waals surface area contributed by atoms with Crippen molar-refractivity contribution in [2.45, 2.75) is 32.0 Å². The van der Waals surface area contributed by atoms with Crippen LogP contribution in [0.5, 0.6) is 28.7 Å². The molecule has 1 amide bonds. The number of benzene rings is 1. The molecule has 0 spiro atoms. The van der Waals surface area contributed by atoms with E-state index in [2.05, 4.69) is 20.4 Å². The zero-order chi connectivity index (χ0) is 29.3. The van der Waals surface area contributed by atoms with Crippen LogP contribution >= 0.6 is 0 Å². The molecule has 3 aromatic heterocycles. The number of Topliss-reactive ketones (excluding diaryl/α,β-unsaturated/α-hetero) is 1. The zero-order valence-electron chi connectivity index (χ0n) is 22.1. The Morgan fingerprint density at radius 3 is 2.39 bits per heavy atom. The van der Waals surface area contributed by atoms with E-state index in [0.717, 1.165) is 0 Å². The van der Waals surface area contributed by atoms with Crippen LogP contribution in [-0.4, -0.2) is 58.4 Å². The lowest BCUT2D eigenvalue weighted by atomic mass is 10.2. The molecule has 5 rings (SSSR count). The Balaban J connectivity index is 1.37. The number of anilines is 1. The topological polar surface area (TPSA) is 127 Å². The zero-order valence-corrected chi connectivity index (χ0v) is 22.1. The summed E-state index contributed by atoms with van der Waals surface area (Å²) < 4.78 is 61.6. The Morgan fingerprint density at radius 1 is 1.05 bits per heavy atom. The van der Waals surface area contributed by atoms with Gasteiger partial charge in [0.05, 0.1) is 32.0 Å². The van der Waals surface area contributed by atoms with E-state index in [1.807, 2.05) is 0 Å². The predicted octanol–water partition coefficient (Wildman–Crippen LogP) is 5.37. The molecule has 1 aliphatic carbocycles. The van der Waals surface area contributed by atoms with Gasteiger partial charge in [0.15, 0.2) is 35.3 Å². The highest BCUT2D eigenvalue weighted by Crippen LogP contribution is 2.40. The van der Waals surface area contributed by atoms with Gasteiger partial charge in [0.1, 0.15) is 23.0 Å². The van der Waals surface area contributed by atoms with Gasteiger partial charge in [-0.1, -0.05) is 0 Å². The second-order valence-electron chi connectivity index (χ2n) is 9.13. The van der Waals surface area contributed by atoms with Crippen molar-refractivity contribution in [2.24, 2.45) is 0 Å². The molecule has 11 nitrogen and oxygen atoms in total. The number of fused-ring (bicyclic) bond motifs is 1. The fraction of sp³-hybridized carbons (Fsp3) is 0.296. The number of carbonyl (C=O) groups is 2. The second kappa shape index (κ2) is 10.9. The highest BCUT2D eigenvalue weighted by Gasteiger charge is 2.37. The minimum Gasteiger partial charge on any atom is -0.493 e. The summed E-state index contributed by atoms with van der Waals surface area (Å²) in [6.45, 7) is -0.507. The fourth-order valence-corrected chi connectivity index (χ4v) is 4.12. The highest BCUT2D eigenvalue weighted by molar-refractivity contribution is 6.07. The third kappa shape index (κ3) is 6.00. The molecule has 1 N–H and O–H groups in total. The maximum Gasteiger partial charge on any atom is 0.422 e. The number of ether oxygens (including phenoxy) is 4. The summed E-state index contributed by atoms with van der Waals surface area (Å²) in [5.74, 6) is -0.109. The lowest BCUT2D eigenvalue weighted by Crippen LogP contribution is -2.22. The quantitative estimate of drug-likeness (QED) is 0.250. The average molecular weight is 572 g/mol. The number of nitrogens with one attached hydrogen (secondary N) is 1. The molecule has 41 heavy (non-hydrogen) atoms. The number of carbonyl (C=O) groups excluding carboxylic acids is 2. The normalized spacial score (nSPS) is 13.1. The summed E-state index contributed by atoms with van der Waals surface area (Å²) in [5, 5.41) is 7.28. The standard InChI is InChI=1S/C27H24F3N5O6/c1-14(36)24-25(40-13-27(28,29)30)23(34-35(24)15-4-5-15)26(37)33-22-7-6-16(12-32-22)41-19-8-9-31-18-11-21(39-3)20(38-2)10-17(18)19/h6-12,15H,4-5,13H2,1-3H3,(H,32,33,37). The summed E-state index contributed by atoms with van der Waals surface area (Å²) in [5.41, 5.74) is -0.0188. The van der Waals surface area contributed by atoms with Crippen LogP contribution in [0.1, 0.15) is 46.8 Å². The van der Waals surface area contributed by atoms with Crippen molar-refractivity contribution < 1.29 is 41.7 Å². The van der Waals surface area contributed by atoms with Crippen LogP contribution in [0.4, 0.5) is 19.0 Å². The first-order valence-electron chi connectivity index (χ1n) is 12.4. The molecule has 0 unspecified atom stereocenters. The van der Waals surface area contributed by atoms with Gasteiger partial charge in [-0.15, -0.1) is 0 Å². The number of methoxy groups -OCH3 is 2. The molecule has 4 aromatic rings. The van der Waals surface area contributed by atoms with Crippen LogP contribution < -0.4 is 24.3 Å². The molecule has 0 aliphatic heterocycles. The van der Waals surface area contributed by atoms with E-state index in [1.54, 1.807) is 30.5 Å². The van der Waals surface area contributed by atoms with E-state index < -0.39 is 35.9 Å². The van der Waals surface area contributed by atoms with Crippen LogP contribution in [0.25, 0.3) is 10.9 Å². The number of rotatable bonds is 10. The highest BCUT2D eigenvalue weighted by atomic mass is 19.4. The first-order chi connectivity index (χ1) is 19.6. The van der Waals surface area contributed by atoms with Crippen molar-refractivity contribution in [1.82, 2.24) is 19.7 Å². The molecule has 14 heteroatoms. The first-order valence-corrected chi connectivity index (χ1v) is 12.4. The van der Waals surface area contributed by atoms with Gasteiger partial charge in [-0.25, -0.2) is 4.98 Å². The van der Waals surface area contributed by atoms with E-state index in [1.165, 1.54) is 38.1 Å². The van der Waals surface area contributed by atoms with Gasteiger partial charge < -0.3 is 24.3 Å². The number of amides is 1. The van der Waals surface area contributed by atoms with Crippen LogP contribution in [-0.2, 0) is 0 Å². The minimum atomic E-state index is -4.68. The summed E-state index contributed by atoms with van der Waals surface area (Å²) in [4.78, 5) is 33.8. The minimum absolute atomic E-state index is 0.0699. The fourth-order valence-electron chi connectivity index (χ4n) is 4.12. The Hall–Kier alpha value is -4.88. The SMILES string of the molecule is COc1cc2nccc(Oc3ccc(NC(=O)c4nn(C5CC5)c(C(C)=O)c4OCC(F)(F)F)nc3)c2cc1OC. The summed E-state index contributed by atoms with van der Waals surface area (Å²) in [6.07, 6.45) is -0.401. The number of aromatic nitrogens is 4. The van der Waals surface area contributed by atoms with Crippen molar-refractivity contribution in [3.8, 4) is 28.7 Å². The lowest BCUT2D eigenvalue weighted by molar-refractivity contribution is -0.153. The van der Waals surface area contributed by atoms with Crippen molar-refractivity contribution in [1.29, 1.82) is 0 Å². The van der Waals surface area contributed by atoms with Gasteiger partial charge >= 0.3 is 6.18 Å². The molecule has 1 aliphatic rings. The van der Waals surface area contributed by atoms with Crippen molar-refractivity contribution in [2.75, 3.05) is 26.1 Å². The van der Waals surface area contributed by atoms with E-state index in [4.69, 9.17) is 18.9 Å². The first kappa shape index (κ1) is 27.7. The van der Waals surface area contributed by atoms with Crippen molar-refractivity contribution in [3.63, 3.8) is 0 Å². The van der Waals surface area contributed by atoms with Crippen molar-refractivity contribution in [3.05, 3.63) is 54.1 Å². The number of ketones is 1. The average Bonchev–Trinajstić information content (AvgIpc) is 3.71. The number of hydrogen-bond donors (Lipinski definition) is 1. The van der Waals surface area contributed by atoms with E-state index >= 15 is 0 Å². The monoisotopic (exact) mass is 571 g/mol. The molecule has 0 atom stereocenters. The summed E-state index contributed by atoms with van der Waals surface area (Å²) in [7, 11) is 3.04. The smallest absolute Gasteiger partial charge is 0.422 e. The Labute approximate surface area is 231 Å². The second-order valence-corrected chi connectivity index (χ2v) is 9.13. The predicted molar refractivity (Wildman–Crippen MR) is 139 cm³/mol. The van der Waals surface area contributed by atoms with Gasteiger partial charge in [0.25, 0.3) is 5.91 Å². The van der Waals surface area contributed by atoms with Crippen LogP contribution in [0.15, 0.2) is 42.7 Å². The van der Waals surface area contributed by atoms with Gasteiger partial charge in [0, 0.05) is 24.6 Å². The number of nitrogens with zero attached hydrogens (tertiary/aromatic N) is 4. The molecule has 0 radical (unpaired) electrons. The molecule has 0 saturated heterocycles. The molecule has 3 heterocycles. The van der Waals surface area contributed by atoms with Crippen LogP contribution in [0.2, 0.25) is 0 Å². The third-order valence-electron chi connectivity index (χ3n) is 6.10.